The maximum absolute atomic E-state index is 11.3. The average molecular weight is 208 g/mol. The van der Waals surface area contributed by atoms with Gasteiger partial charge in [0.2, 0.25) is 5.91 Å². The van der Waals surface area contributed by atoms with E-state index < -0.39 is 0 Å². The number of carbonyl (C=O) groups is 1. The second-order valence-corrected chi connectivity index (χ2v) is 3.48. The van der Waals surface area contributed by atoms with Gasteiger partial charge in [-0.2, -0.15) is 0 Å². The number of aryl methyl sites for hydroxylation is 1. The zero-order valence-electron chi connectivity index (χ0n) is 9.22. The Morgan fingerprint density at radius 3 is 2.67 bits per heavy atom. The van der Waals surface area contributed by atoms with Crippen LogP contribution in [0.4, 0.5) is 5.69 Å². The summed E-state index contributed by atoms with van der Waals surface area (Å²) in [5.41, 5.74) is 2.15. The normalized spacial score (nSPS) is 10.1. The van der Waals surface area contributed by atoms with Crippen LogP contribution in [0.2, 0.25) is 0 Å². The second kappa shape index (κ2) is 4.79. The van der Waals surface area contributed by atoms with Crippen LogP contribution in [0.25, 0.3) is 0 Å². The van der Waals surface area contributed by atoms with Crippen molar-refractivity contribution < 1.29 is 9.90 Å². The SMILES string of the molecule is CNCC(=O)Nc1ccc(C)c(O)c1C. The molecule has 1 aromatic carbocycles. The molecule has 0 atom stereocenters. The molecule has 3 N–H and O–H groups in total. The molecule has 0 aliphatic heterocycles. The predicted molar refractivity (Wildman–Crippen MR) is 60.1 cm³/mol. The van der Waals surface area contributed by atoms with Gasteiger partial charge in [0.1, 0.15) is 5.75 Å². The van der Waals surface area contributed by atoms with Gasteiger partial charge in [0.15, 0.2) is 0 Å². The third-order valence-electron chi connectivity index (χ3n) is 2.24. The van der Waals surface area contributed by atoms with E-state index in [0.717, 1.165) is 5.56 Å². The van der Waals surface area contributed by atoms with Crippen LogP contribution in [0.15, 0.2) is 12.1 Å². The fourth-order valence-corrected chi connectivity index (χ4v) is 1.33. The van der Waals surface area contributed by atoms with Gasteiger partial charge in [-0.25, -0.2) is 0 Å². The Kier molecular flexibility index (Phi) is 3.68. The van der Waals surface area contributed by atoms with Gasteiger partial charge in [0, 0.05) is 11.3 Å². The monoisotopic (exact) mass is 208 g/mol. The number of rotatable bonds is 3. The molecule has 0 heterocycles. The summed E-state index contributed by atoms with van der Waals surface area (Å²) < 4.78 is 0. The fourth-order valence-electron chi connectivity index (χ4n) is 1.33. The van der Waals surface area contributed by atoms with Crippen LogP contribution in [0, 0.1) is 13.8 Å². The van der Waals surface area contributed by atoms with Crippen LogP contribution in [0.3, 0.4) is 0 Å². The van der Waals surface area contributed by atoms with Crippen LogP contribution in [-0.2, 0) is 4.79 Å². The van der Waals surface area contributed by atoms with Crippen molar-refractivity contribution in [2.45, 2.75) is 13.8 Å². The number of phenolic OH excluding ortho intramolecular Hbond substituents is 1. The first-order valence-corrected chi connectivity index (χ1v) is 4.80. The van der Waals surface area contributed by atoms with E-state index in [1.54, 1.807) is 26.1 Å². The third-order valence-corrected chi connectivity index (χ3v) is 2.24. The minimum Gasteiger partial charge on any atom is -0.507 e. The maximum atomic E-state index is 11.3. The van der Waals surface area contributed by atoms with Crippen molar-refractivity contribution in [2.75, 3.05) is 18.9 Å². The first-order chi connectivity index (χ1) is 7.06. The molecule has 0 aliphatic carbocycles. The summed E-state index contributed by atoms with van der Waals surface area (Å²) >= 11 is 0. The minimum atomic E-state index is -0.121. The molecule has 1 rings (SSSR count). The lowest BCUT2D eigenvalue weighted by Crippen LogP contribution is -2.25. The highest BCUT2D eigenvalue weighted by molar-refractivity contribution is 5.93. The molecule has 0 saturated heterocycles. The molecule has 4 nitrogen and oxygen atoms in total. The van der Waals surface area contributed by atoms with E-state index in [9.17, 15) is 9.90 Å². The number of carbonyl (C=O) groups excluding carboxylic acids is 1. The standard InChI is InChI=1S/C11H16N2O2/c1-7-4-5-9(8(2)11(7)15)13-10(14)6-12-3/h4-5,12,15H,6H2,1-3H3,(H,13,14). The largest absolute Gasteiger partial charge is 0.507 e. The van der Waals surface area contributed by atoms with E-state index in [1.807, 2.05) is 6.92 Å². The topological polar surface area (TPSA) is 61.4 Å². The molecule has 0 fully saturated rings. The van der Waals surface area contributed by atoms with Crippen molar-refractivity contribution >= 4 is 11.6 Å². The number of aromatic hydroxyl groups is 1. The molecule has 0 bridgehead atoms. The van der Waals surface area contributed by atoms with Crippen LogP contribution in [0.5, 0.6) is 5.75 Å². The number of likely N-dealkylation sites (N-methyl/N-ethyl adjacent to an activating group) is 1. The molecule has 82 valence electrons. The number of benzene rings is 1. The minimum absolute atomic E-state index is 0.121. The second-order valence-electron chi connectivity index (χ2n) is 3.48. The molecular weight excluding hydrogens is 192 g/mol. The van der Waals surface area contributed by atoms with Gasteiger partial charge in [0.05, 0.1) is 6.54 Å². The van der Waals surface area contributed by atoms with Gasteiger partial charge in [-0.15, -0.1) is 0 Å². The van der Waals surface area contributed by atoms with Crippen LogP contribution in [0.1, 0.15) is 11.1 Å². The zero-order chi connectivity index (χ0) is 11.4. The quantitative estimate of drug-likeness (QED) is 0.698. The molecule has 1 aromatic rings. The van der Waals surface area contributed by atoms with Gasteiger partial charge in [-0.1, -0.05) is 6.07 Å². The van der Waals surface area contributed by atoms with Gasteiger partial charge in [-0.3, -0.25) is 4.79 Å². The van der Waals surface area contributed by atoms with E-state index in [2.05, 4.69) is 10.6 Å². The summed E-state index contributed by atoms with van der Waals surface area (Å²) in [4.78, 5) is 11.3. The smallest absolute Gasteiger partial charge is 0.238 e. The van der Waals surface area contributed by atoms with E-state index >= 15 is 0 Å². The van der Waals surface area contributed by atoms with Crippen molar-refractivity contribution in [2.24, 2.45) is 0 Å². The summed E-state index contributed by atoms with van der Waals surface area (Å²) in [5, 5.41) is 15.1. The Labute approximate surface area is 89.3 Å². The molecule has 1 amide bonds. The Hall–Kier alpha value is -1.55. The van der Waals surface area contributed by atoms with Crippen molar-refractivity contribution in [1.82, 2.24) is 5.32 Å². The molecule has 15 heavy (non-hydrogen) atoms. The van der Waals surface area contributed by atoms with E-state index in [1.165, 1.54) is 0 Å². The summed E-state index contributed by atoms with van der Waals surface area (Å²) in [7, 11) is 1.71. The van der Waals surface area contributed by atoms with Crippen LogP contribution < -0.4 is 10.6 Å². The molecule has 0 unspecified atom stereocenters. The van der Waals surface area contributed by atoms with Crippen molar-refractivity contribution in [3.05, 3.63) is 23.3 Å². The van der Waals surface area contributed by atoms with E-state index in [0.29, 0.717) is 11.3 Å². The number of phenols is 1. The fraction of sp³-hybridized carbons (Fsp3) is 0.364. The highest BCUT2D eigenvalue weighted by Crippen LogP contribution is 2.27. The van der Waals surface area contributed by atoms with E-state index in [-0.39, 0.29) is 18.2 Å². The number of nitrogens with one attached hydrogen (secondary N) is 2. The van der Waals surface area contributed by atoms with Gasteiger partial charge in [-0.05, 0) is 32.5 Å². The molecule has 0 saturated carbocycles. The number of anilines is 1. The van der Waals surface area contributed by atoms with E-state index in [4.69, 9.17) is 0 Å². The summed E-state index contributed by atoms with van der Waals surface area (Å²) in [6, 6.07) is 3.56. The molecular formula is C11H16N2O2. The van der Waals surface area contributed by atoms with Gasteiger partial charge in [0.25, 0.3) is 0 Å². The van der Waals surface area contributed by atoms with Crippen molar-refractivity contribution in [3.63, 3.8) is 0 Å². The first kappa shape index (κ1) is 11.5. The Bertz CT molecular complexity index is 375. The summed E-state index contributed by atoms with van der Waals surface area (Å²) in [6.07, 6.45) is 0. The lowest BCUT2D eigenvalue weighted by Gasteiger charge is -2.11. The Balaban J connectivity index is 2.87. The summed E-state index contributed by atoms with van der Waals surface area (Å²) in [5.74, 6) is 0.112. The molecule has 0 aromatic heterocycles. The van der Waals surface area contributed by atoms with Crippen molar-refractivity contribution in [3.8, 4) is 5.75 Å². The number of hydrogen-bond donors (Lipinski definition) is 3. The third kappa shape index (κ3) is 2.70. The van der Waals surface area contributed by atoms with Gasteiger partial charge < -0.3 is 15.7 Å². The lowest BCUT2D eigenvalue weighted by molar-refractivity contribution is -0.115. The molecule has 0 radical (unpaired) electrons. The highest BCUT2D eigenvalue weighted by atomic mass is 16.3. The average Bonchev–Trinajstić information content (AvgIpc) is 2.20. The number of amides is 1. The highest BCUT2D eigenvalue weighted by Gasteiger charge is 2.08. The first-order valence-electron chi connectivity index (χ1n) is 4.80. The zero-order valence-corrected chi connectivity index (χ0v) is 9.22. The maximum Gasteiger partial charge on any atom is 0.238 e. The summed E-state index contributed by atoms with van der Waals surface area (Å²) in [6.45, 7) is 3.85. The number of hydrogen-bond acceptors (Lipinski definition) is 3. The van der Waals surface area contributed by atoms with Crippen LogP contribution >= 0.6 is 0 Å². The predicted octanol–water partition coefficient (Wildman–Crippen LogP) is 1.17. The molecule has 0 aliphatic rings. The van der Waals surface area contributed by atoms with Gasteiger partial charge >= 0.3 is 0 Å². The Morgan fingerprint density at radius 2 is 2.07 bits per heavy atom. The lowest BCUT2D eigenvalue weighted by atomic mass is 10.1. The van der Waals surface area contributed by atoms with Crippen LogP contribution in [-0.4, -0.2) is 24.6 Å². The molecule has 0 spiro atoms. The molecule has 4 heteroatoms. The Morgan fingerprint density at radius 1 is 1.40 bits per heavy atom. The van der Waals surface area contributed by atoms with Crippen molar-refractivity contribution in [1.29, 1.82) is 0 Å².